The SMILES string of the molecule is CCNC(C)c1csc2c1CCCC2. The molecule has 1 nitrogen and oxygen atoms in total. The summed E-state index contributed by atoms with van der Waals surface area (Å²) in [6.45, 7) is 5.52. The Morgan fingerprint density at radius 1 is 1.43 bits per heavy atom. The van der Waals surface area contributed by atoms with Gasteiger partial charge in [0.1, 0.15) is 0 Å². The second-order valence-electron chi connectivity index (χ2n) is 4.08. The third-order valence-corrected chi connectivity index (χ3v) is 4.18. The van der Waals surface area contributed by atoms with Gasteiger partial charge in [-0.1, -0.05) is 6.92 Å². The first-order chi connectivity index (χ1) is 6.83. The molecule has 0 spiro atoms. The summed E-state index contributed by atoms with van der Waals surface area (Å²) in [5.74, 6) is 0. The molecule has 1 atom stereocenters. The lowest BCUT2D eigenvalue weighted by Gasteiger charge is -2.17. The van der Waals surface area contributed by atoms with E-state index in [2.05, 4.69) is 24.5 Å². The van der Waals surface area contributed by atoms with Crippen molar-refractivity contribution in [3.63, 3.8) is 0 Å². The van der Waals surface area contributed by atoms with Crippen molar-refractivity contribution in [2.24, 2.45) is 0 Å². The molecule has 1 heterocycles. The molecule has 2 heteroatoms. The van der Waals surface area contributed by atoms with E-state index in [0.717, 1.165) is 6.54 Å². The summed E-state index contributed by atoms with van der Waals surface area (Å²) in [5, 5.41) is 5.87. The van der Waals surface area contributed by atoms with E-state index in [1.54, 1.807) is 16.0 Å². The minimum Gasteiger partial charge on any atom is -0.310 e. The molecule has 1 unspecified atom stereocenters. The average molecular weight is 209 g/mol. The average Bonchev–Trinajstić information content (AvgIpc) is 2.61. The number of rotatable bonds is 3. The Morgan fingerprint density at radius 2 is 2.21 bits per heavy atom. The number of aryl methyl sites for hydroxylation is 1. The molecule has 0 fully saturated rings. The number of nitrogens with one attached hydrogen (secondary N) is 1. The van der Waals surface area contributed by atoms with Gasteiger partial charge in [-0.2, -0.15) is 0 Å². The number of hydrogen-bond acceptors (Lipinski definition) is 2. The van der Waals surface area contributed by atoms with Crippen LogP contribution in [0.3, 0.4) is 0 Å². The first kappa shape index (κ1) is 10.2. The Bertz CT molecular complexity index is 303. The molecule has 0 radical (unpaired) electrons. The lowest BCUT2D eigenvalue weighted by molar-refractivity contribution is 0.586. The van der Waals surface area contributed by atoms with Crippen molar-refractivity contribution in [2.45, 2.75) is 45.6 Å². The minimum absolute atomic E-state index is 0.540. The smallest absolute Gasteiger partial charge is 0.0302 e. The largest absolute Gasteiger partial charge is 0.310 e. The van der Waals surface area contributed by atoms with Gasteiger partial charge in [-0.3, -0.25) is 0 Å². The molecule has 78 valence electrons. The maximum atomic E-state index is 3.50. The lowest BCUT2D eigenvalue weighted by Crippen LogP contribution is -2.18. The highest BCUT2D eigenvalue weighted by atomic mass is 32.1. The van der Waals surface area contributed by atoms with Crippen LogP contribution in [0.15, 0.2) is 5.38 Å². The second kappa shape index (κ2) is 4.45. The predicted molar refractivity (Wildman–Crippen MR) is 63.1 cm³/mol. The van der Waals surface area contributed by atoms with Gasteiger partial charge in [-0.15, -0.1) is 11.3 Å². The summed E-state index contributed by atoms with van der Waals surface area (Å²) in [4.78, 5) is 1.65. The van der Waals surface area contributed by atoms with Crippen molar-refractivity contribution >= 4 is 11.3 Å². The molecule has 1 aromatic heterocycles. The molecule has 14 heavy (non-hydrogen) atoms. The first-order valence-electron chi connectivity index (χ1n) is 5.65. The zero-order valence-corrected chi connectivity index (χ0v) is 9.91. The molecule has 0 aliphatic heterocycles. The van der Waals surface area contributed by atoms with Crippen LogP contribution in [0, 0.1) is 0 Å². The number of hydrogen-bond donors (Lipinski definition) is 1. The highest BCUT2D eigenvalue weighted by Gasteiger charge is 2.18. The van der Waals surface area contributed by atoms with Crippen LogP contribution in [-0.2, 0) is 12.8 Å². The molecule has 1 aliphatic rings. The molecule has 0 amide bonds. The zero-order chi connectivity index (χ0) is 9.97. The summed E-state index contributed by atoms with van der Waals surface area (Å²) < 4.78 is 0. The first-order valence-corrected chi connectivity index (χ1v) is 6.53. The fourth-order valence-electron chi connectivity index (χ4n) is 2.30. The molecule has 0 saturated carbocycles. The van der Waals surface area contributed by atoms with Crippen molar-refractivity contribution in [2.75, 3.05) is 6.54 Å². The van der Waals surface area contributed by atoms with Gasteiger partial charge in [-0.05, 0) is 55.7 Å². The molecule has 0 bridgehead atoms. The number of fused-ring (bicyclic) bond motifs is 1. The van der Waals surface area contributed by atoms with E-state index >= 15 is 0 Å². The van der Waals surface area contributed by atoms with E-state index in [4.69, 9.17) is 0 Å². The van der Waals surface area contributed by atoms with Gasteiger partial charge in [-0.25, -0.2) is 0 Å². The highest BCUT2D eigenvalue weighted by Crippen LogP contribution is 2.33. The zero-order valence-electron chi connectivity index (χ0n) is 9.10. The Balaban J connectivity index is 2.21. The molecule has 1 aliphatic carbocycles. The van der Waals surface area contributed by atoms with Gasteiger partial charge in [0.2, 0.25) is 0 Å². The quantitative estimate of drug-likeness (QED) is 0.805. The third-order valence-electron chi connectivity index (χ3n) is 3.07. The van der Waals surface area contributed by atoms with E-state index in [1.165, 1.54) is 25.7 Å². The van der Waals surface area contributed by atoms with Crippen LogP contribution in [0.2, 0.25) is 0 Å². The fraction of sp³-hybridized carbons (Fsp3) is 0.667. The second-order valence-corrected chi connectivity index (χ2v) is 5.04. The molecule has 2 rings (SSSR count). The summed E-state index contributed by atoms with van der Waals surface area (Å²) in [6.07, 6.45) is 5.40. The van der Waals surface area contributed by atoms with E-state index < -0.39 is 0 Å². The van der Waals surface area contributed by atoms with E-state index in [9.17, 15) is 0 Å². The van der Waals surface area contributed by atoms with Crippen LogP contribution in [0.1, 0.15) is 48.7 Å². The maximum absolute atomic E-state index is 3.50. The van der Waals surface area contributed by atoms with Crippen molar-refractivity contribution < 1.29 is 0 Å². The maximum Gasteiger partial charge on any atom is 0.0302 e. The molecule has 1 aromatic rings. The predicted octanol–water partition coefficient (Wildman–Crippen LogP) is 3.30. The number of thiophene rings is 1. The molecule has 0 aromatic carbocycles. The standard InChI is InChI=1S/C12H19NS/c1-3-13-9(2)11-8-14-12-7-5-4-6-10(11)12/h8-9,13H,3-7H2,1-2H3. The monoisotopic (exact) mass is 209 g/mol. The highest BCUT2D eigenvalue weighted by molar-refractivity contribution is 7.10. The minimum atomic E-state index is 0.540. The van der Waals surface area contributed by atoms with Crippen molar-refractivity contribution in [1.29, 1.82) is 0 Å². The van der Waals surface area contributed by atoms with Gasteiger partial charge < -0.3 is 5.32 Å². The van der Waals surface area contributed by atoms with Gasteiger partial charge in [0.15, 0.2) is 0 Å². The fourth-order valence-corrected chi connectivity index (χ4v) is 3.54. The topological polar surface area (TPSA) is 12.0 Å². The Labute approximate surface area is 90.5 Å². The van der Waals surface area contributed by atoms with E-state index in [0.29, 0.717) is 6.04 Å². The Kier molecular flexibility index (Phi) is 3.24. The van der Waals surface area contributed by atoms with E-state index in [1.807, 2.05) is 11.3 Å². The van der Waals surface area contributed by atoms with E-state index in [-0.39, 0.29) is 0 Å². The molecular formula is C12H19NS. The summed E-state index contributed by atoms with van der Waals surface area (Å²) in [6, 6.07) is 0.540. The Hall–Kier alpha value is -0.340. The molecular weight excluding hydrogens is 190 g/mol. The summed E-state index contributed by atoms with van der Waals surface area (Å²) in [5.41, 5.74) is 3.22. The van der Waals surface area contributed by atoms with Crippen molar-refractivity contribution in [3.8, 4) is 0 Å². The van der Waals surface area contributed by atoms with Crippen LogP contribution >= 0.6 is 11.3 Å². The van der Waals surface area contributed by atoms with Gasteiger partial charge in [0.25, 0.3) is 0 Å². The van der Waals surface area contributed by atoms with Crippen LogP contribution in [-0.4, -0.2) is 6.54 Å². The normalized spacial score (nSPS) is 17.9. The van der Waals surface area contributed by atoms with Crippen LogP contribution in [0.5, 0.6) is 0 Å². The summed E-state index contributed by atoms with van der Waals surface area (Å²) in [7, 11) is 0. The van der Waals surface area contributed by atoms with Gasteiger partial charge in [0, 0.05) is 10.9 Å². The van der Waals surface area contributed by atoms with Crippen molar-refractivity contribution in [3.05, 3.63) is 21.4 Å². The molecule has 0 saturated heterocycles. The summed E-state index contributed by atoms with van der Waals surface area (Å²) >= 11 is 1.97. The molecule has 1 N–H and O–H groups in total. The van der Waals surface area contributed by atoms with Crippen LogP contribution < -0.4 is 5.32 Å². The van der Waals surface area contributed by atoms with Gasteiger partial charge in [0.05, 0.1) is 0 Å². The van der Waals surface area contributed by atoms with Crippen LogP contribution in [0.4, 0.5) is 0 Å². The van der Waals surface area contributed by atoms with Gasteiger partial charge >= 0.3 is 0 Å². The van der Waals surface area contributed by atoms with Crippen LogP contribution in [0.25, 0.3) is 0 Å². The van der Waals surface area contributed by atoms with Crippen molar-refractivity contribution in [1.82, 2.24) is 5.32 Å². The lowest BCUT2D eigenvalue weighted by atomic mass is 9.93. The third kappa shape index (κ3) is 1.86. The Morgan fingerprint density at radius 3 is 3.00 bits per heavy atom.